The number of nitrogens with two attached hydrogens (primary N) is 1. The normalized spacial score (nSPS) is 10.5. The van der Waals surface area contributed by atoms with Crippen LogP contribution in [0.4, 0.5) is 0 Å². The van der Waals surface area contributed by atoms with Gasteiger partial charge in [0.2, 0.25) is 5.28 Å². The molecule has 10 aromatic carbocycles. The average Bonchev–Trinajstić information content (AvgIpc) is 3.46. The van der Waals surface area contributed by atoms with E-state index < -0.39 is 0 Å². The van der Waals surface area contributed by atoms with Crippen LogP contribution in [-0.4, -0.2) is 42.6 Å². The number of nitrogens with zero attached hydrogens (tertiary/aromatic N) is 6. The minimum absolute atomic E-state index is 0. The molecule has 0 aliphatic heterocycles. The Labute approximate surface area is 429 Å². The van der Waals surface area contributed by atoms with E-state index in [0.717, 1.165) is 73.9 Å². The second kappa shape index (κ2) is 23.6. The van der Waals surface area contributed by atoms with E-state index in [-0.39, 0.29) is 11.4 Å². The highest BCUT2D eigenvalue weighted by Crippen LogP contribution is 2.37. The maximum Gasteiger partial charge on any atom is 0.569 e. The molecule has 11 heteroatoms. The standard InChI is InChI=1S/C31H21N3.C16H12BO2.C15H10ClN3.H2N/c1-4-12-22(13-5-1)27-20-25-18-10-11-19-26(25)21-28(27)31-33-29(23-14-6-2-7-15-23)32-30(34-31)24-16-8-3-9-17-24;18-17-19-16-11-14-9-5-4-8-13(14)10-15(16)12-6-2-1-3-7-12;16-15-18-13(11-7-3-1-4-8-11)17-14(19-15)12-9-5-2-6-10-12;/h1-21H;1-11,18H;1-10H;1H2/q;;;-1. The Kier molecular flexibility index (Phi) is 15.8. The van der Waals surface area contributed by atoms with E-state index in [4.69, 9.17) is 36.2 Å². The van der Waals surface area contributed by atoms with Gasteiger partial charge < -0.3 is 15.8 Å². The topological polar surface area (TPSA) is 140 Å². The van der Waals surface area contributed by atoms with Crippen molar-refractivity contribution in [3.63, 3.8) is 0 Å². The first-order valence-corrected chi connectivity index (χ1v) is 23.6. The molecule has 0 amide bonds. The van der Waals surface area contributed by atoms with Gasteiger partial charge in [-0.05, 0) is 74.1 Å². The fourth-order valence-corrected chi connectivity index (χ4v) is 8.37. The summed E-state index contributed by atoms with van der Waals surface area (Å²) in [5.41, 5.74) is 9.01. The maximum atomic E-state index is 8.92. The van der Waals surface area contributed by atoms with Crippen LogP contribution in [0.3, 0.4) is 0 Å². The van der Waals surface area contributed by atoms with Crippen molar-refractivity contribution >= 4 is 40.8 Å². The molecule has 0 saturated carbocycles. The molecule has 0 bridgehead atoms. The van der Waals surface area contributed by atoms with E-state index in [1.807, 2.05) is 182 Å². The molecule has 0 saturated heterocycles. The molecule has 1 radical (unpaired) electrons. The first-order valence-electron chi connectivity index (χ1n) is 23.2. The second-order valence-electron chi connectivity index (χ2n) is 16.4. The summed E-state index contributed by atoms with van der Waals surface area (Å²) in [6.45, 7) is 0. The number of fused-ring (bicyclic) bond motifs is 2. The molecule has 2 heterocycles. The molecule has 0 aliphatic rings. The highest BCUT2D eigenvalue weighted by molar-refractivity contribution is 6.28. The zero-order valence-corrected chi connectivity index (χ0v) is 40.1. The molecule has 0 spiro atoms. The first kappa shape index (κ1) is 48.8. The van der Waals surface area contributed by atoms with Crippen LogP contribution in [0, 0.1) is 0 Å². The Morgan fingerprint density at radius 2 is 0.575 bits per heavy atom. The Morgan fingerprint density at radius 1 is 0.301 bits per heavy atom. The smallest absolute Gasteiger partial charge is 0.569 e. The van der Waals surface area contributed by atoms with Gasteiger partial charge in [0.15, 0.2) is 29.1 Å². The Balaban J connectivity index is 0.000000144. The van der Waals surface area contributed by atoms with E-state index in [1.165, 1.54) is 5.39 Å². The van der Waals surface area contributed by atoms with Crippen molar-refractivity contribution in [3.8, 4) is 84.9 Å². The van der Waals surface area contributed by atoms with Gasteiger partial charge in [0.1, 0.15) is 5.75 Å². The number of halogens is 1. The largest absolute Gasteiger partial charge is 0.693 e. The van der Waals surface area contributed by atoms with Crippen molar-refractivity contribution in [3.05, 3.63) is 266 Å². The average molecular weight is 966 g/mol. The van der Waals surface area contributed by atoms with Crippen LogP contribution in [0.2, 0.25) is 5.28 Å². The Hall–Kier alpha value is -9.19. The highest BCUT2D eigenvalue weighted by atomic mass is 35.5. The van der Waals surface area contributed by atoms with Gasteiger partial charge in [-0.25, -0.2) is 19.9 Å². The summed E-state index contributed by atoms with van der Waals surface area (Å²) < 4.78 is 5.23. The zero-order valence-electron chi connectivity index (χ0n) is 39.3. The summed E-state index contributed by atoms with van der Waals surface area (Å²) >= 11 is 5.99. The predicted octanol–water partition coefficient (Wildman–Crippen LogP) is 15.7. The summed E-state index contributed by atoms with van der Waals surface area (Å²) in [5.74, 6) is 3.80. The SMILES string of the molecule is Clc1nc(-c2ccccc2)nc(-c2ccccc2)n1.O[B]Oc1cc2ccccc2cc1-c1ccccc1.[NH2-].c1ccc(-c2nc(-c3ccccc3)nc(-c3cc4ccccc4cc3-c3ccccc3)n2)cc1. The lowest BCUT2D eigenvalue weighted by Crippen LogP contribution is -2.01. The third-order valence-corrected chi connectivity index (χ3v) is 11.9. The molecule has 12 rings (SSSR count). The van der Waals surface area contributed by atoms with Gasteiger partial charge in [-0.3, -0.25) is 0 Å². The van der Waals surface area contributed by atoms with Crippen LogP contribution in [0.5, 0.6) is 5.75 Å². The van der Waals surface area contributed by atoms with Gasteiger partial charge in [0.05, 0.1) is 0 Å². The van der Waals surface area contributed by atoms with E-state index >= 15 is 0 Å². The minimum Gasteiger partial charge on any atom is -0.693 e. The van der Waals surface area contributed by atoms with Crippen LogP contribution < -0.4 is 4.65 Å². The summed E-state index contributed by atoms with van der Waals surface area (Å²) in [4.78, 5) is 27.6. The fourth-order valence-electron chi connectivity index (χ4n) is 8.21. The lowest BCUT2D eigenvalue weighted by atomic mass is 9.95. The summed E-state index contributed by atoms with van der Waals surface area (Å²) in [7, 11) is 0.719. The molecule has 2 aromatic heterocycles. The van der Waals surface area contributed by atoms with Crippen molar-refractivity contribution in [2.45, 2.75) is 0 Å². The van der Waals surface area contributed by atoms with Crippen LogP contribution in [0.15, 0.2) is 255 Å². The number of benzene rings is 10. The lowest BCUT2D eigenvalue weighted by Gasteiger charge is -2.13. The van der Waals surface area contributed by atoms with Crippen LogP contribution in [0.25, 0.3) is 107 Å². The van der Waals surface area contributed by atoms with E-state index in [0.29, 0.717) is 34.9 Å². The molecule has 0 aliphatic carbocycles. The van der Waals surface area contributed by atoms with Gasteiger partial charge in [-0.15, -0.1) is 0 Å². The summed E-state index contributed by atoms with van der Waals surface area (Å²) in [6, 6.07) is 84.9. The first-order chi connectivity index (χ1) is 35.6. The minimum atomic E-state index is 0. The number of rotatable bonds is 9. The highest BCUT2D eigenvalue weighted by Gasteiger charge is 2.17. The molecule has 0 unspecified atom stereocenters. The second-order valence-corrected chi connectivity index (χ2v) is 16.8. The molecule has 73 heavy (non-hydrogen) atoms. The third-order valence-electron chi connectivity index (χ3n) is 11.7. The monoisotopic (exact) mass is 965 g/mol. The molecule has 0 fully saturated rings. The molecule has 351 valence electrons. The van der Waals surface area contributed by atoms with Gasteiger partial charge in [0.25, 0.3) is 0 Å². The quantitative estimate of drug-likeness (QED) is 0.141. The zero-order chi connectivity index (χ0) is 48.9. The van der Waals surface area contributed by atoms with Gasteiger partial charge >= 0.3 is 7.69 Å². The third kappa shape index (κ3) is 11.9. The van der Waals surface area contributed by atoms with Crippen molar-refractivity contribution in [1.82, 2.24) is 29.9 Å². The summed E-state index contributed by atoms with van der Waals surface area (Å²) in [5, 5.41) is 13.7. The molecule has 0 atom stereocenters. The van der Waals surface area contributed by atoms with E-state index in [9.17, 15) is 0 Å². The number of hydrogen-bond donors (Lipinski definition) is 1. The lowest BCUT2D eigenvalue weighted by molar-refractivity contribution is 0.455. The van der Waals surface area contributed by atoms with Crippen molar-refractivity contribution in [1.29, 1.82) is 0 Å². The fraction of sp³-hybridized carbons (Fsp3) is 0. The van der Waals surface area contributed by atoms with Gasteiger partial charge in [0, 0.05) is 33.4 Å². The van der Waals surface area contributed by atoms with E-state index in [1.54, 1.807) is 0 Å². The van der Waals surface area contributed by atoms with Crippen molar-refractivity contribution < 1.29 is 9.68 Å². The van der Waals surface area contributed by atoms with Gasteiger partial charge in [-0.2, -0.15) is 9.97 Å². The van der Waals surface area contributed by atoms with Gasteiger partial charge in [-0.1, -0.05) is 231 Å². The molecular formula is C62H45BClN7O2-. The predicted molar refractivity (Wildman–Crippen MR) is 298 cm³/mol. The van der Waals surface area contributed by atoms with Crippen molar-refractivity contribution in [2.75, 3.05) is 0 Å². The number of hydrogen-bond acceptors (Lipinski definition) is 8. The van der Waals surface area contributed by atoms with E-state index in [2.05, 4.69) is 87.7 Å². The Bertz CT molecular complexity index is 3600. The maximum absolute atomic E-state index is 8.92. The Morgan fingerprint density at radius 3 is 0.945 bits per heavy atom. The van der Waals surface area contributed by atoms with Crippen LogP contribution in [-0.2, 0) is 0 Å². The molecule has 9 nitrogen and oxygen atoms in total. The summed E-state index contributed by atoms with van der Waals surface area (Å²) in [6.07, 6.45) is 0. The van der Waals surface area contributed by atoms with Crippen molar-refractivity contribution in [2.24, 2.45) is 0 Å². The molecule has 12 aromatic rings. The van der Waals surface area contributed by atoms with Crippen LogP contribution >= 0.6 is 11.6 Å². The molecule has 3 N–H and O–H groups in total. The van der Waals surface area contributed by atoms with Crippen LogP contribution in [0.1, 0.15) is 0 Å². The number of aromatic nitrogens is 6. The molecular weight excluding hydrogens is 921 g/mol.